The fourth-order valence-corrected chi connectivity index (χ4v) is 2.94. The van der Waals surface area contributed by atoms with Gasteiger partial charge in [0, 0.05) is 6.07 Å². The maximum absolute atomic E-state index is 11.9. The molecule has 0 unspecified atom stereocenters. The molecule has 2 aromatic rings. The molecular formula is C10H11N3O8S2. The Bertz CT molecular complexity index is 938. The van der Waals surface area contributed by atoms with Gasteiger partial charge in [0.15, 0.2) is 0 Å². The van der Waals surface area contributed by atoms with E-state index in [2.05, 4.69) is 5.10 Å². The van der Waals surface area contributed by atoms with E-state index in [0.29, 0.717) is 4.68 Å². The quantitative estimate of drug-likeness (QED) is 0.410. The first kappa shape index (κ1) is 17.2. The van der Waals surface area contributed by atoms with E-state index in [1.807, 2.05) is 0 Å². The van der Waals surface area contributed by atoms with Gasteiger partial charge in [-0.25, -0.2) is 4.68 Å². The maximum atomic E-state index is 11.9. The van der Waals surface area contributed by atoms with Crippen molar-refractivity contribution < 1.29 is 31.4 Å². The molecule has 7 N–H and O–H groups in total. The molecule has 0 aliphatic heterocycles. The van der Waals surface area contributed by atoms with Crippen LogP contribution >= 0.6 is 10.9 Å². The predicted molar refractivity (Wildman–Crippen MR) is 78.5 cm³/mol. The summed E-state index contributed by atoms with van der Waals surface area (Å²) in [6, 6.07) is 3.12. The van der Waals surface area contributed by atoms with Gasteiger partial charge in [0.05, 0.1) is 10.6 Å². The summed E-state index contributed by atoms with van der Waals surface area (Å²) >= 11 is 0. The van der Waals surface area contributed by atoms with Crippen LogP contribution in [0.5, 0.6) is 0 Å². The maximum Gasteiger partial charge on any atom is 0.296 e. The second kappa shape index (κ2) is 5.48. The number of rotatable bonds is 4. The molecule has 0 spiro atoms. The summed E-state index contributed by atoms with van der Waals surface area (Å²) in [5.74, 6) is -1.00. The average molecular weight is 365 g/mol. The highest BCUT2D eigenvalue weighted by molar-refractivity contribution is 8.19. The van der Waals surface area contributed by atoms with Gasteiger partial charge < -0.3 is 19.4 Å². The van der Waals surface area contributed by atoms with Gasteiger partial charge in [-0.05, 0) is 18.2 Å². The number of carbonyl (C=O) groups is 1. The number of H-pyrrole nitrogens is 1. The van der Waals surface area contributed by atoms with Gasteiger partial charge >= 0.3 is 0 Å². The van der Waals surface area contributed by atoms with Crippen molar-refractivity contribution in [2.45, 2.75) is 9.79 Å². The van der Waals surface area contributed by atoms with E-state index in [1.54, 1.807) is 0 Å². The molecule has 2 rings (SSSR count). The Kier molecular flexibility index (Phi) is 4.10. The van der Waals surface area contributed by atoms with Gasteiger partial charge in [0.2, 0.25) is 0 Å². The lowest BCUT2D eigenvalue weighted by molar-refractivity contribution is 0.0995. The van der Waals surface area contributed by atoms with E-state index in [9.17, 15) is 36.2 Å². The Morgan fingerprint density at radius 1 is 1.13 bits per heavy atom. The largest absolute Gasteiger partial charge is 0.364 e. The van der Waals surface area contributed by atoms with Crippen LogP contribution in [0.15, 0.2) is 38.9 Å². The van der Waals surface area contributed by atoms with Gasteiger partial charge in [-0.2, -0.15) is 8.42 Å². The van der Waals surface area contributed by atoms with Crippen molar-refractivity contribution in [2.24, 2.45) is 5.73 Å². The summed E-state index contributed by atoms with van der Waals surface area (Å²) < 4.78 is 60.2. The lowest BCUT2D eigenvalue weighted by atomic mass is 10.3. The summed E-state index contributed by atoms with van der Waals surface area (Å²) in [4.78, 5) is 21.6. The number of carbonyl (C=O) groups excluding carboxylic acids is 1. The zero-order valence-electron chi connectivity index (χ0n) is 11.1. The van der Waals surface area contributed by atoms with E-state index in [4.69, 9.17) is 5.73 Å². The first-order chi connectivity index (χ1) is 10.4. The van der Waals surface area contributed by atoms with Gasteiger partial charge in [0.25, 0.3) is 21.6 Å². The minimum atomic E-state index is -4.80. The second-order valence-electron chi connectivity index (χ2n) is 4.33. The lowest BCUT2D eigenvalue weighted by Gasteiger charge is -2.20. The van der Waals surface area contributed by atoms with Gasteiger partial charge in [-0.3, -0.25) is 19.2 Å². The summed E-state index contributed by atoms with van der Waals surface area (Å²) in [5, 5.41) is 2.21. The first-order valence-electron chi connectivity index (χ1n) is 5.66. The molecule has 0 aliphatic carbocycles. The summed E-state index contributed by atoms with van der Waals surface area (Å²) in [7, 11) is -9.02. The van der Waals surface area contributed by atoms with Crippen molar-refractivity contribution >= 4 is 26.9 Å². The van der Waals surface area contributed by atoms with Crippen molar-refractivity contribution in [1.82, 2.24) is 9.78 Å². The Hall–Kier alpha value is -2.16. The van der Waals surface area contributed by atoms with Crippen LogP contribution in [-0.4, -0.2) is 42.3 Å². The van der Waals surface area contributed by atoms with Crippen LogP contribution in [0.25, 0.3) is 5.69 Å². The number of hydrogen-bond donors (Lipinski definition) is 6. The highest BCUT2D eigenvalue weighted by Crippen LogP contribution is 2.44. The van der Waals surface area contributed by atoms with Crippen molar-refractivity contribution in [1.29, 1.82) is 0 Å². The normalized spacial score (nSPS) is 13.0. The van der Waals surface area contributed by atoms with Crippen LogP contribution in [-0.2, 0) is 10.1 Å². The molecule has 1 aromatic carbocycles. The number of amides is 1. The molecule has 0 bridgehead atoms. The summed E-state index contributed by atoms with van der Waals surface area (Å²) in [6.45, 7) is 0. The SMILES string of the molecule is NC(=O)c1cc(=O)n(-c2cc(S(O)(O)O)ccc2S(=O)(=O)O)[nH]1. The van der Waals surface area contributed by atoms with E-state index in [0.717, 1.165) is 24.3 Å². The second-order valence-corrected chi connectivity index (χ2v) is 7.23. The summed E-state index contributed by atoms with van der Waals surface area (Å²) in [6.07, 6.45) is 0. The van der Waals surface area contributed by atoms with E-state index in [1.165, 1.54) is 0 Å². The number of aromatic amines is 1. The zero-order chi connectivity index (χ0) is 17.6. The number of nitrogens with one attached hydrogen (secondary N) is 1. The molecule has 11 nitrogen and oxygen atoms in total. The molecular weight excluding hydrogens is 354 g/mol. The topological polar surface area (TPSA) is 196 Å². The number of aromatic nitrogens is 2. The highest BCUT2D eigenvalue weighted by atomic mass is 32.3. The first-order valence-corrected chi connectivity index (χ1v) is 8.60. The van der Waals surface area contributed by atoms with Gasteiger partial charge in [-0.1, -0.05) is 0 Å². The third-order valence-electron chi connectivity index (χ3n) is 2.75. The molecule has 0 atom stereocenters. The molecule has 0 saturated carbocycles. The van der Waals surface area contributed by atoms with Crippen LogP contribution in [0.4, 0.5) is 0 Å². The average Bonchev–Trinajstić information content (AvgIpc) is 2.78. The molecule has 126 valence electrons. The van der Waals surface area contributed by atoms with Crippen molar-refractivity contribution in [2.75, 3.05) is 0 Å². The van der Waals surface area contributed by atoms with Crippen molar-refractivity contribution in [3.8, 4) is 5.69 Å². The fourth-order valence-electron chi connectivity index (χ4n) is 1.76. The van der Waals surface area contributed by atoms with Crippen LogP contribution in [0.3, 0.4) is 0 Å². The van der Waals surface area contributed by atoms with Gasteiger partial charge in [0.1, 0.15) is 21.5 Å². The van der Waals surface area contributed by atoms with Crippen molar-refractivity contribution in [3.05, 3.63) is 40.3 Å². The van der Waals surface area contributed by atoms with Crippen LogP contribution in [0.1, 0.15) is 10.5 Å². The number of primary amides is 1. The van der Waals surface area contributed by atoms with Crippen molar-refractivity contribution in [3.63, 3.8) is 0 Å². The van der Waals surface area contributed by atoms with E-state index < -0.39 is 47.9 Å². The predicted octanol–water partition coefficient (Wildman–Crippen LogP) is 0.0937. The number of nitrogens with two attached hydrogens (primary N) is 1. The summed E-state index contributed by atoms with van der Waals surface area (Å²) in [5.41, 5.74) is 3.19. The lowest BCUT2D eigenvalue weighted by Crippen LogP contribution is -2.18. The number of nitrogens with zero attached hydrogens (tertiary/aromatic N) is 1. The zero-order valence-corrected chi connectivity index (χ0v) is 12.7. The third kappa shape index (κ3) is 3.44. The Morgan fingerprint density at radius 2 is 1.74 bits per heavy atom. The standard InChI is InChI=1S/C10H11N3O8S2/c11-10(15)6-4-9(14)13(12-6)7-3-5(22(16,17)18)1-2-8(7)23(19,20)21/h1-4,12,16-18H,(H2,11,15)(H,19,20,21). The highest BCUT2D eigenvalue weighted by Gasteiger charge is 2.24. The molecule has 1 heterocycles. The molecule has 0 saturated heterocycles. The Labute approximate surface area is 130 Å². The monoisotopic (exact) mass is 365 g/mol. The molecule has 1 aromatic heterocycles. The number of hydrogen-bond acceptors (Lipinski definition) is 7. The third-order valence-corrected chi connectivity index (χ3v) is 4.54. The van der Waals surface area contributed by atoms with Gasteiger partial charge in [-0.15, -0.1) is 0 Å². The van der Waals surface area contributed by atoms with E-state index >= 15 is 0 Å². The molecule has 0 radical (unpaired) electrons. The van der Waals surface area contributed by atoms with Crippen LogP contribution in [0, 0.1) is 0 Å². The minimum absolute atomic E-state index is 0.350. The molecule has 1 amide bonds. The van der Waals surface area contributed by atoms with Crippen LogP contribution < -0.4 is 11.3 Å². The number of benzene rings is 1. The Morgan fingerprint density at radius 3 is 2.17 bits per heavy atom. The molecule has 0 aliphatic rings. The van der Waals surface area contributed by atoms with E-state index in [-0.39, 0.29) is 5.69 Å². The fraction of sp³-hybridized carbons (Fsp3) is 0. The Balaban J connectivity index is 2.83. The smallest absolute Gasteiger partial charge is 0.296 e. The van der Waals surface area contributed by atoms with Crippen LogP contribution in [0.2, 0.25) is 0 Å². The molecule has 13 heteroatoms. The molecule has 23 heavy (non-hydrogen) atoms. The molecule has 0 fully saturated rings. The minimum Gasteiger partial charge on any atom is -0.364 e.